The average molecular weight is 783 g/mol. The molecule has 4 aliphatic rings. The molecule has 3 aromatic carbocycles. The van der Waals surface area contributed by atoms with E-state index in [1.165, 1.54) is 102 Å². The monoisotopic (exact) mass is 780 g/mol. The summed E-state index contributed by atoms with van der Waals surface area (Å²) in [5.74, 6) is 0.518. The Morgan fingerprint density at radius 3 is 1.72 bits per heavy atom. The third-order valence-corrected chi connectivity index (χ3v) is 11.3. The van der Waals surface area contributed by atoms with Crippen LogP contribution in [0.2, 0.25) is 0 Å². The predicted octanol–water partition coefficient (Wildman–Crippen LogP) is 6.50. The zero-order chi connectivity index (χ0) is 35.6. The molecule has 7 rings (SSSR count). The van der Waals surface area contributed by atoms with Crippen LogP contribution in [0.4, 0.5) is 0 Å². The van der Waals surface area contributed by atoms with Crippen molar-refractivity contribution in [3.05, 3.63) is 128 Å². The van der Waals surface area contributed by atoms with Gasteiger partial charge in [-0.05, 0) is 58.4 Å². The van der Waals surface area contributed by atoms with E-state index in [1.807, 2.05) is 0 Å². The standard InChI is InChI=1S/C25H25.C11H17.C11H14.2ClH.Zr/c1-14-12-24(3,4)22-8-16-7-17-9-23-19(15(2)13-25(23,5)6)11-21(17)20(16)10-18(14)22;1-8-6-9(2)10(7-8)11(3,4)5;1-9-5-7-10(8-6-9)11(2,3)4;;;/h8-12H,7H2,1-6H3;7-8H,1-5H3;1,5-8H,2-4H3;2*1H;/q2*-1;;;;+2/p-2. The molecule has 0 aliphatic heterocycles. The molecule has 0 fully saturated rings. The Morgan fingerprint density at radius 2 is 1.26 bits per heavy atom. The Bertz CT molecular complexity index is 1810. The van der Waals surface area contributed by atoms with E-state index in [4.69, 9.17) is 0 Å². The number of fused-ring (bicyclic) bond motifs is 5. The van der Waals surface area contributed by atoms with E-state index >= 15 is 0 Å². The molecule has 0 saturated carbocycles. The minimum atomic E-state index is 0. The van der Waals surface area contributed by atoms with Gasteiger partial charge in [0.2, 0.25) is 0 Å². The fraction of sp³-hybridized carbons (Fsp3) is 0.426. The summed E-state index contributed by atoms with van der Waals surface area (Å²) in [6, 6.07) is 18.6. The first-order chi connectivity index (χ1) is 22.1. The molecule has 1 atom stereocenters. The SMILES string of the molecule is CC(C)(C)c1ccc([CH]=[Zr+2])cc1.CC1=[C-]C(C)(C)c2cc3c(cc21)-c1cc2c(cc1C3)C(C)(C)C=C2C.CC1=[C-]C(C)C=C1C(C)(C)C.[Cl-].[Cl-]. The average Bonchev–Trinajstić information content (AvgIpc) is 3.65. The van der Waals surface area contributed by atoms with Gasteiger partial charge in [0.1, 0.15) is 0 Å². The first-order valence-electron chi connectivity index (χ1n) is 17.7. The predicted molar refractivity (Wildman–Crippen MR) is 206 cm³/mol. The van der Waals surface area contributed by atoms with Crippen LogP contribution in [0.3, 0.4) is 0 Å². The van der Waals surface area contributed by atoms with Crippen LogP contribution in [0.5, 0.6) is 0 Å². The van der Waals surface area contributed by atoms with Gasteiger partial charge in [0.05, 0.1) is 0 Å². The number of halogens is 2. The summed E-state index contributed by atoms with van der Waals surface area (Å²) in [4.78, 5) is 0. The van der Waals surface area contributed by atoms with Gasteiger partial charge in [-0.2, -0.15) is 17.2 Å². The summed E-state index contributed by atoms with van der Waals surface area (Å²) < 4.78 is 2.21. The molecular weight excluding hydrogens is 727 g/mol. The number of hydrogen-bond acceptors (Lipinski definition) is 0. The van der Waals surface area contributed by atoms with Crippen molar-refractivity contribution in [1.29, 1.82) is 0 Å². The quantitative estimate of drug-likeness (QED) is 0.194. The summed E-state index contributed by atoms with van der Waals surface area (Å²) in [5, 5.41) is 0. The maximum Gasteiger partial charge on any atom is 0.00873 e. The van der Waals surface area contributed by atoms with Gasteiger partial charge in [-0.1, -0.05) is 104 Å². The molecule has 0 aromatic heterocycles. The summed E-state index contributed by atoms with van der Waals surface area (Å²) >= 11 is 1.46. The van der Waals surface area contributed by atoms with E-state index in [1.54, 1.807) is 0 Å². The molecule has 0 radical (unpaired) electrons. The molecule has 3 heteroatoms. The topological polar surface area (TPSA) is 0 Å². The van der Waals surface area contributed by atoms with Gasteiger partial charge in [0.15, 0.2) is 0 Å². The third kappa shape index (κ3) is 8.59. The van der Waals surface area contributed by atoms with Crippen LogP contribution in [0.1, 0.15) is 141 Å². The number of benzene rings is 3. The second-order valence-corrected chi connectivity index (χ2v) is 18.3. The van der Waals surface area contributed by atoms with Gasteiger partial charge < -0.3 is 24.8 Å². The van der Waals surface area contributed by atoms with Gasteiger partial charge in [0.25, 0.3) is 0 Å². The maximum atomic E-state index is 3.65. The van der Waals surface area contributed by atoms with Crippen LogP contribution >= 0.6 is 0 Å². The van der Waals surface area contributed by atoms with Crippen LogP contribution in [-0.4, -0.2) is 3.71 Å². The van der Waals surface area contributed by atoms with E-state index in [9.17, 15) is 0 Å². The van der Waals surface area contributed by atoms with Crippen molar-refractivity contribution < 1.29 is 49.0 Å². The number of allylic oxidation sites excluding steroid dienone is 8. The minimum absolute atomic E-state index is 0. The van der Waals surface area contributed by atoms with Crippen molar-refractivity contribution in [3.8, 4) is 11.1 Å². The zero-order valence-electron chi connectivity index (χ0n) is 32.9. The van der Waals surface area contributed by atoms with E-state index in [0.717, 1.165) is 6.42 Å². The Labute approximate surface area is 332 Å². The third-order valence-electron chi connectivity index (χ3n) is 10.4. The van der Waals surface area contributed by atoms with Crippen molar-refractivity contribution in [2.24, 2.45) is 11.3 Å². The molecular formula is C47H56Cl2Zr-2. The molecule has 0 N–H and O–H groups in total. The first kappa shape index (κ1) is 42.4. The molecule has 264 valence electrons. The molecule has 50 heavy (non-hydrogen) atoms. The Kier molecular flexibility index (Phi) is 12.8. The van der Waals surface area contributed by atoms with Gasteiger partial charge in [0, 0.05) is 5.41 Å². The second kappa shape index (κ2) is 15.1. The van der Waals surface area contributed by atoms with Gasteiger partial charge in [-0.15, -0.1) is 11.6 Å². The Balaban J connectivity index is 0.000000229. The molecule has 0 bridgehead atoms. The van der Waals surface area contributed by atoms with E-state index in [-0.39, 0.29) is 41.1 Å². The molecule has 0 saturated heterocycles. The van der Waals surface area contributed by atoms with Gasteiger partial charge >= 0.3 is 89.5 Å². The van der Waals surface area contributed by atoms with E-state index in [2.05, 4.69) is 173 Å². The second-order valence-electron chi connectivity index (χ2n) is 17.6. The maximum absolute atomic E-state index is 3.65. The fourth-order valence-corrected chi connectivity index (χ4v) is 8.48. The number of rotatable bonds is 1. The van der Waals surface area contributed by atoms with Gasteiger partial charge in [-0.3, -0.25) is 12.2 Å². The van der Waals surface area contributed by atoms with Gasteiger partial charge in [-0.25, -0.2) is 11.1 Å². The Morgan fingerprint density at radius 1 is 0.720 bits per heavy atom. The van der Waals surface area contributed by atoms with Crippen LogP contribution in [-0.2, 0) is 46.9 Å². The normalized spacial score (nSPS) is 18.5. The van der Waals surface area contributed by atoms with Crippen LogP contribution in [0.25, 0.3) is 22.3 Å². The zero-order valence-corrected chi connectivity index (χ0v) is 36.9. The summed E-state index contributed by atoms with van der Waals surface area (Å²) in [6.45, 7) is 31.5. The Hall–Kier alpha value is -2.05. The molecule has 3 aromatic rings. The molecule has 1 unspecified atom stereocenters. The summed E-state index contributed by atoms with van der Waals surface area (Å²) in [6.07, 6.45) is 12.8. The van der Waals surface area contributed by atoms with Crippen molar-refractivity contribution in [3.63, 3.8) is 0 Å². The van der Waals surface area contributed by atoms with Crippen molar-refractivity contribution >= 4 is 14.9 Å². The smallest absolute Gasteiger partial charge is 0.00873 e. The largest absolute Gasteiger partial charge is 1.00 e. The van der Waals surface area contributed by atoms with E-state index < -0.39 is 0 Å². The van der Waals surface area contributed by atoms with Crippen LogP contribution in [0.15, 0.2) is 71.8 Å². The summed E-state index contributed by atoms with van der Waals surface area (Å²) in [5.41, 5.74) is 20.7. The fourth-order valence-electron chi connectivity index (χ4n) is 8.00. The minimum Gasteiger partial charge on any atom is -1.00 e. The molecule has 0 heterocycles. The van der Waals surface area contributed by atoms with Crippen LogP contribution in [0, 0.1) is 23.5 Å². The van der Waals surface area contributed by atoms with Crippen molar-refractivity contribution in [1.82, 2.24) is 0 Å². The first-order valence-corrected chi connectivity index (χ1v) is 19.1. The molecule has 4 aliphatic carbocycles. The molecule has 0 amide bonds. The van der Waals surface area contributed by atoms with Crippen LogP contribution < -0.4 is 24.8 Å². The molecule has 0 nitrogen and oxygen atoms in total. The van der Waals surface area contributed by atoms with Crippen molar-refractivity contribution in [2.45, 2.75) is 120 Å². The molecule has 0 spiro atoms. The summed E-state index contributed by atoms with van der Waals surface area (Å²) in [7, 11) is 0. The van der Waals surface area contributed by atoms with E-state index in [0.29, 0.717) is 11.3 Å². The number of hydrogen-bond donors (Lipinski definition) is 0. The van der Waals surface area contributed by atoms with Crippen molar-refractivity contribution in [2.75, 3.05) is 0 Å².